The molecule has 0 aromatic carbocycles. The van der Waals surface area contributed by atoms with Crippen LogP contribution in [0.15, 0.2) is 0 Å². The van der Waals surface area contributed by atoms with Gasteiger partial charge in [0.2, 0.25) is 0 Å². The molecule has 0 N–H and O–H groups in total. The van der Waals surface area contributed by atoms with Gasteiger partial charge >= 0.3 is 24.4 Å². The van der Waals surface area contributed by atoms with E-state index < -0.39 is 43.6 Å². The summed E-state index contributed by atoms with van der Waals surface area (Å²) in [6.45, 7) is 0.643. The molecule has 0 aliphatic heterocycles. The zero-order valence-corrected chi connectivity index (χ0v) is 9.59. The smallest absolute Gasteiger partial charge is 0.371 e. The van der Waals surface area contributed by atoms with Crippen molar-refractivity contribution in [2.45, 2.75) is 50.3 Å². The molecule has 0 saturated heterocycles. The molecule has 0 bridgehead atoms. The van der Waals surface area contributed by atoms with Gasteiger partial charge in [-0.15, -0.1) is 0 Å². The van der Waals surface area contributed by atoms with E-state index in [9.17, 15) is 39.5 Å². The Morgan fingerprint density at radius 2 is 1.42 bits per heavy atom. The van der Waals surface area contributed by atoms with E-state index in [2.05, 4.69) is 4.74 Å². The Hall–Kier alpha value is -0.670. The van der Waals surface area contributed by atoms with Crippen LogP contribution in [0.5, 0.6) is 0 Å². The summed E-state index contributed by atoms with van der Waals surface area (Å²) in [5.74, 6) is -10.6. The van der Waals surface area contributed by atoms with Crippen LogP contribution in [-0.4, -0.2) is 37.2 Å². The fourth-order valence-electron chi connectivity index (χ4n) is 1.07. The number of rotatable bonds is 7. The van der Waals surface area contributed by atoms with Crippen molar-refractivity contribution in [3.05, 3.63) is 0 Å². The number of hydrogen-bond donors (Lipinski definition) is 0. The van der Waals surface area contributed by atoms with Crippen LogP contribution in [-0.2, 0) is 4.74 Å². The first-order valence-electron chi connectivity index (χ1n) is 5.08. The predicted molar refractivity (Wildman–Crippen MR) is 46.6 cm³/mol. The van der Waals surface area contributed by atoms with E-state index in [1.54, 1.807) is 0 Å². The predicted octanol–water partition coefficient (Wildman–Crippen LogP) is 4.27. The van der Waals surface area contributed by atoms with E-state index in [1.165, 1.54) is 6.92 Å². The van der Waals surface area contributed by atoms with Gasteiger partial charge in [-0.1, -0.05) is 6.92 Å². The van der Waals surface area contributed by atoms with E-state index in [4.69, 9.17) is 0 Å². The second kappa shape index (κ2) is 6.19. The SMILES string of the molecule is CCCOC(CC(F)(F)C(F)F)C(F)(F)C(F)(F)F. The molecular weight excluding hydrogens is 295 g/mol. The van der Waals surface area contributed by atoms with Crippen LogP contribution >= 0.6 is 0 Å². The summed E-state index contributed by atoms with van der Waals surface area (Å²) in [5.41, 5.74) is 0. The second-order valence-corrected chi connectivity index (χ2v) is 3.75. The Morgan fingerprint density at radius 1 is 0.947 bits per heavy atom. The molecule has 0 aliphatic rings. The highest BCUT2D eigenvalue weighted by Crippen LogP contribution is 2.43. The van der Waals surface area contributed by atoms with Crippen LogP contribution in [0.4, 0.5) is 39.5 Å². The van der Waals surface area contributed by atoms with E-state index in [-0.39, 0.29) is 6.42 Å². The van der Waals surface area contributed by atoms with Crippen molar-refractivity contribution in [2.75, 3.05) is 6.61 Å². The van der Waals surface area contributed by atoms with E-state index >= 15 is 0 Å². The van der Waals surface area contributed by atoms with E-state index in [0.717, 1.165) is 0 Å². The molecule has 1 nitrogen and oxygen atoms in total. The summed E-state index contributed by atoms with van der Waals surface area (Å²) >= 11 is 0. The van der Waals surface area contributed by atoms with E-state index in [0.29, 0.717) is 0 Å². The first-order chi connectivity index (χ1) is 8.36. The van der Waals surface area contributed by atoms with Crippen molar-refractivity contribution in [3.8, 4) is 0 Å². The van der Waals surface area contributed by atoms with Crippen LogP contribution < -0.4 is 0 Å². The lowest BCUT2D eigenvalue weighted by Gasteiger charge is -2.30. The Morgan fingerprint density at radius 3 is 1.74 bits per heavy atom. The van der Waals surface area contributed by atoms with Gasteiger partial charge in [0.25, 0.3) is 0 Å². The lowest BCUT2D eigenvalue weighted by atomic mass is 10.0. The van der Waals surface area contributed by atoms with Gasteiger partial charge in [-0.2, -0.15) is 22.0 Å². The Bertz CT molecular complexity index is 273. The van der Waals surface area contributed by atoms with Gasteiger partial charge in [0.05, 0.1) is 0 Å². The summed E-state index contributed by atoms with van der Waals surface area (Å²) < 4.78 is 115. The monoisotopic (exact) mass is 306 g/mol. The molecule has 0 spiro atoms. The minimum Gasteiger partial charge on any atom is -0.371 e. The summed E-state index contributed by atoms with van der Waals surface area (Å²) in [5, 5.41) is 0. The van der Waals surface area contributed by atoms with Crippen molar-refractivity contribution in [2.24, 2.45) is 0 Å². The third kappa shape index (κ3) is 4.73. The molecule has 19 heavy (non-hydrogen) atoms. The van der Waals surface area contributed by atoms with Crippen LogP contribution in [0.1, 0.15) is 19.8 Å². The molecule has 0 rings (SSSR count). The van der Waals surface area contributed by atoms with Crippen LogP contribution in [0, 0.1) is 0 Å². The molecule has 0 heterocycles. The van der Waals surface area contributed by atoms with Gasteiger partial charge in [0.15, 0.2) is 0 Å². The first kappa shape index (κ1) is 18.3. The molecule has 0 amide bonds. The summed E-state index contributed by atoms with van der Waals surface area (Å²) in [6.07, 6.45) is -16.3. The number of halogens is 9. The van der Waals surface area contributed by atoms with Gasteiger partial charge < -0.3 is 4.74 Å². The third-order valence-corrected chi connectivity index (χ3v) is 2.08. The molecule has 10 heteroatoms. The Kier molecular flexibility index (Phi) is 5.97. The quantitative estimate of drug-likeness (QED) is 0.638. The third-order valence-electron chi connectivity index (χ3n) is 2.08. The number of ether oxygens (including phenoxy) is 1. The lowest BCUT2D eigenvalue weighted by Crippen LogP contribution is -2.51. The molecule has 1 unspecified atom stereocenters. The molecule has 0 aromatic rings. The Labute approximate surface area is 102 Å². The van der Waals surface area contributed by atoms with Gasteiger partial charge in [-0.25, -0.2) is 17.6 Å². The van der Waals surface area contributed by atoms with Crippen molar-refractivity contribution in [3.63, 3.8) is 0 Å². The summed E-state index contributed by atoms with van der Waals surface area (Å²) in [4.78, 5) is 0. The standard InChI is InChI=1S/C9H11F9O/c1-2-3-19-5(4-7(12,13)6(10)11)8(14,15)9(16,17)18/h5-6H,2-4H2,1H3. The molecule has 0 saturated carbocycles. The second-order valence-electron chi connectivity index (χ2n) is 3.75. The minimum atomic E-state index is -6.16. The van der Waals surface area contributed by atoms with Crippen LogP contribution in [0.25, 0.3) is 0 Å². The number of alkyl halides is 9. The Balaban J connectivity index is 5.12. The van der Waals surface area contributed by atoms with Gasteiger partial charge in [-0.3, -0.25) is 0 Å². The highest BCUT2D eigenvalue weighted by atomic mass is 19.4. The maximum atomic E-state index is 12.9. The van der Waals surface area contributed by atoms with Crippen molar-refractivity contribution < 1.29 is 44.3 Å². The largest absolute Gasteiger partial charge is 0.456 e. The fourth-order valence-corrected chi connectivity index (χ4v) is 1.07. The molecule has 116 valence electrons. The maximum absolute atomic E-state index is 12.9. The van der Waals surface area contributed by atoms with Gasteiger partial charge in [-0.05, 0) is 6.42 Å². The van der Waals surface area contributed by atoms with Crippen molar-refractivity contribution in [1.82, 2.24) is 0 Å². The maximum Gasteiger partial charge on any atom is 0.456 e. The molecular formula is C9H11F9O. The molecule has 0 fully saturated rings. The minimum absolute atomic E-state index is 0.0370. The summed E-state index contributed by atoms with van der Waals surface area (Å²) in [6, 6.07) is 0. The van der Waals surface area contributed by atoms with Crippen molar-refractivity contribution in [1.29, 1.82) is 0 Å². The van der Waals surface area contributed by atoms with Crippen LogP contribution in [0.2, 0.25) is 0 Å². The van der Waals surface area contributed by atoms with Gasteiger partial charge in [0.1, 0.15) is 6.10 Å². The van der Waals surface area contributed by atoms with E-state index in [1.807, 2.05) is 0 Å². The molecule has 0 aliphatic carbocycles. The topological polar surface area (TPSA) is 9.23 Å². The molecule has 0 aromatic heterocycles. The average molecular weight is 306 g/mol. The number of hydrogen-bond acceptors (Lipinski definition) is 1. The van der Waals surface area contributed by atoms with Crippen LogP contribution in [0.3, 0.4) is 0 Å². The zero-order chi connectivity index (χ0) is 15.5. The van der Waals surface area contributed by atoms with Crippen molar-refractivity contribution >= 4 is 0 Å². The fraction of sp³-hybridized carbons (Fsp3) is 1.00. The molecule has 1 atom stereocenters. The summed E-state index contributed by atoms with van der Waals surface area (Å²) in [7, 11) is 0. The average Bonchev–Trinajstić information content (AvgIpc) is 2.21. The highest BCUT2D eigenvalue weighted by molar-refractivity contribution is 4.89. The zero-order valence-electron chi connectivity index (χ0n) is 9.59. The van der Waals surface area contributed by atoms with Gasteiger partial charge in [0, 0.05) is 13.0 Å². The molecule has 0 radical (unpaired) electrons. The highest BCUT2D eigenvalue weighted by Gasteiger charge is 2.65. The lowest BCUT2D eigenvalue weighted by molar-refractivity contribution is -0.327. The first-order valence-corrected chi connectivity index (χ1v) is 5.08. The normalized spacial score (nSPS) is 15.9.